The van der Waals surface area contributed by atoms with Gasteiger partial charge in [0, 0.05) is 20.1 Å². The summed E-state index contributed by atoms with van der Waals surface area (Å²) in [6, 6.07) is 0. The average Bonchev–Trinajstić information content (AvgIpc) is 2.64. The Balaban J connectivity index is 2.78. The maximum atomic E-state index is 4.56. The molecule has 1 unspecified atom stereocenters. The standard InChI is InChI=1S/C14H26BrN3/c1-6-11(4)9-18(8-3)10-13-14(15)12(7-2)16-17(13)5/h11H,6-10H2,1-5H3. The molecule has 3 nitrogen and oxygen atoms in total. The molecule has 1 heterocycles. The van der Waals surface area contributed by atoms with Crippen molar-refractivity contribution in [3.05, 3.63) is 15.9 Å². The Bertz CT molecular complexity index is 373. The highest BCUT2D eigenvalue weighted by Crippen LogP contribution is 2.23. The van der Waals surface area contributed by atoms with Crippen LogP contribution in [0, 0.1) is 5.92 Å². The number of aryl methyl sites for hydroxylation is 2. The summed E-state index contributed by atoms with van der Waals surface area (Å²) in [5.41, 5.74) is 2.45. The van der Waals surface area contributed by atoms with Crippen molar-refractivity contribution >= 4 is 15.9 Å². The van der Waals surface area contributed by atoms with Crippen LogP contribution in [0.2, 0.25) is 0 Å². The van der Waals surface area contributed by atoms with E-state index in [2.05, 4.69) is 53.6 Å². The van der Waals surface area contributed by atoms with Crippen LogP contribution in [0.25, 0.3) is 0 Å². The molecule has 1 rings (SSSR count). The molecule has 1 aromatic rings. The minimum atomic E-state index is 0.752. The van der Waals surface area contributed by atoms with Gasteiger partial charge in [0.1, 0.15) is 0 Å². The highest BCUT2D eigenvalue weighted by Gasteiger charge is 2.16. The van der Waals surface area contributed by atoms with E-state index in [1.54, 1.807) is 0 Å². The first-order valence-corrected chi connectivity index (χ1v) is 7.75. The fourth-order valence-corrected chi connectivity index (χ4v) is 2.82. The van der Waals surface area contributed by atoms with Crippen molar-refractivity contribution in [2.24, 2.45) is 13.0 Å². The zero-order valence-electron chi connectivity index (χ0n) is 12.3. The third-order valence-corrected chi connectivity index (χ3v) is 4.51. The summed E-state index contributed by atoms with van der Waals surface area (Å²) in [5.74, 6) is 0.752. The summed E-state index contributed by atoms with van der Waals surface area (Å²) in [6.45, 7) is 12.2. The molecule has 4 heteroatoms. The summed E-state index contributed by atoms with van der Waals surface area (Å²) < 4.78 is 3.21. The molecule has 1 atom stereocenters. The van der Waals surface area contributed by atoms with Gasteiger partial charge in [0.05, 0.1) is 15.9 Å². The monoisotopic (exact) mass is 315 g/mol. The number of aromatic nitrogens is 2. The van der Waals surface area contributed by atoms with E-state index >= 15 is 0 Å². The van der Waals surface area contributed by atoms with E-state index in [0.29, 0.717) is 0 Å². The summed E-state index contributed by atoms with van der Waals surface area (Å²) in [5, 5.41) is 4.56. The van der Waals surface area contributed by atoms with Gasteiger partial charge in [-0.15, -0.1) is 0 Å². The van der Waals surface area contributed by atoms with Crippen LogP contribution in [0.3, 0.4) is 0 Å². The van der Waals surface area contributed by atoms with Crippen LogP contribution in [0.1, 0.15) is 45.5 Å². The number of hydrogen-bond acceptors (Lipinski definition) is 2. The topological polar surface area (TPSA) is 21.1 Å². The van der Waals surface area contributed by atoms with Crippen molar-refractivity contribution in [3.8, 4) is 0 Å². The molecular formula is C14H26BrN3. The lowest BCUT2D eigenvalue weighted by Gasteiger charge is -2.23. The second-order valence-corrected chi connectivity index (χ2v) is 5.82. The largest absolute Gasteiger partial charge is 0.297 e. The minimum absolute atomic E-state index is 0.752. The van der Waals surface area contributed by atoms with Gasteiger partial charge in [-0.25, -0.2) is 0 Å². The zero-order valence-corrected chi connectivity index (χ0v) is 13.9. The van der Waals surface area contributed by atoms with Crippen LogP contribution in [0.4, 0.5) is 0 Å². The smallest absolute Gasteiger partial charge is 0.0767 e. The maximum Gasteiger partial charge on any atom is 0.0767 e. The van der Waals surface area contributed by atoms with Gasteiger partial charge in [-0.2, -0.15) is 5.10 Å². The zero-order chi connectivity index (χ0) is 13.7. The van der Waals surface area contributed by atoms with Gasteiger partial charge in [0.2, 0.25) is 0 Å². The van der Waals surface area contributed by atoms with Crippen LogP contribution in [-0.4, -0.2) is 27.8 Å². The third-order valence-electron chi connectivity index (χ3n) is 3.59. The fourth-order valence-electron chi connectivity index (χ4n) is 2.08. The van der Waals surface area contributed by atoms with Crippen molar-refractivity contribution in [2.45, 2.75) is 47.1 Å². The van der Waals surface area contributed by atoms with Gasteiger partial charge < -0.3 is 0 Å². The van der Waals surface area contributed by atoms with Gasteiger partial charge in [-0.05, 0) is 34.8 Å². The van der Waals surface area contributed by atoms with Crippen molar-refractivity contribution < 1.29 is 0 Å². The van der Waals surface area contributed by atoms with E-state index < -0.39 is 0 Å². The van der Waals surface area contributed by atoms with Crippen molar-refractivity contribution in [1.29, 1.82) is 0 Å². The molecule has 0 amide bonds. The van der Waals surface area contributed by atoms with Crippen LogP contribution in [-0.2, 0) is 20.0 Å². The van der Waals surface area contributed by atoms with Gasteiger partial charge >= 0.3 is 0 Å². The minimum Gasteiger partial charge on any atom is -0.297 e. The second-order valence-electron chi connectivity index (χ2n) is 5.03. The second kappa shape index (κ2) is 7.29. The molecule has 0 aliphatic heterocycles. The molecule has 104 valence electrons. The van der Waals surface area contributed by atoms with Gasteiger partial charge in [0.25, 0.3) is 0 Å². The Morgan fingerprint density at radius 1 is 1.33 bits per heavy atom. The Morgan fingerprint density at radius 2 is 2.00 bits per heavy atom. The van der Waals surface area contributed by atoms with E-state index in [-0.39, 0.29) is 0 Å². The van der Waals surface area contributed by atoms with Crippen LogP contribution in [0.5, 0.6) is 0 Å². The predicted molar refractivity (Wildman–Crippen MR) is 80.7 cm³/mol. The molecule has 0 bridgehead atoms. The van der Waals surface area contributed by atoms with Gasteiger partial charge in [-0.1, -0.05) is 34.1 Å². The molecule has 18 heavy (non-hydrogen) atoms. The Hall–Kier alpha value is -0.350. The van der Waals surface area contributed by atoms with Crippen LogP contribution >= 0.6 is 15.9 Å². The molecule has 1 aromatic heterocycles. The quantitative estimate of drug-likeness (QED) is 0.766. The molecule has 0 aromatic carbocycles. The van der Waals surface area contributed by atoms with E-state index in [4.69, 9.17) is 0 Å². The summed E-state index contributed by atoms with van der Waals surface area (Å²) in [7, 11) is 2.04. The highest BCUT2D eigenvalue weighted by molar-refractivity contribution is 9.10. The Morgan fingerprint density at radius 3 is 2.44 bits per heavy atom. The molecule has 0 N–H and O–H groups in total. The first kappa shape index (κ1) is 15.7. The molecule has 0 aliphatic rings. The highest BCUT2D eigenvalue weighted by atomic mass is 79.9. The van der Waals surface area contributed by atoms with E-state index in [1.165, 1.54) is 16.6 Å². The van der Waals surface area contributed by atoms with Gasteiger partial charge in [-0.3, -0.25) is 9.58 Å². The van der Waals surface area contributed by atoms with E-state index in [9.17, 15) is 0 Å². The maximum absolute atomic E-state index is 4.56. The summed E-state index contributed by atoms with van der Waals surface area (Å²) >= 11 is 3.69. The number of rotatable bonds is 7. The fraction of sp³-hybridized carbons (Fsp3) is 0.786. The SMILES string of the molecule is CCc1nn(C)c(CN(CC)CC(C)CC)c1Br. The first-order valence-electron chi connectivity index (χ1n) is 6.95. The molecule has 0 saturated heterocycles. The van der Waals surface area contributed by atoms with Crippen LogP contribution < -0.4 is 0 Å². The van der Waals surface area contributed by atoms with Crippen molar-refractivity contribution in [1.82, 2.24) is 14.7 Å². The third kappa shape index (κ3) is 3.82. The van der Waals surface area contributed by atoms with Crippen molar-refractivity contribution in [3.63, 3.8) is 0 Å². The lowest BCUT2D eigenvalue weighted by atomic mass is 10.1. The number of nitrogens with zero attached hydrogens (tertiary/aromatic N) is 3. The Labute approximate surface area is 120 Å². The molecule has 0 aliphatic carbocycles. The first-order chi connectivity index (χ1) is 8.53. The summed E-state index contributed by atoms with van der Waals surface area (Å²) in [6.07, 6.45) is 2.22. The molecular weight excluding hydrogens is 290 g/mol. The predicted octanol–water partition coefficient (Wildman–Crippen LogP) is 3.61. The number of hydrogen-bond donors (Lipinski definition) is 0. The summed E-state index contributed by atoms with van der Waals surface area (Å²) in [4.78, 5) is 2.50. The molecule has 0 spiro atoms. The molecule has 0 radical (unpaired) electrons. The van der Waals surface area contributed by atoms with E-state index in [0.717, 1.165) is 37.7 Å². The normalized spacial score (nSPS) is 13.3. The van der Waals surface area contributed by atoms with Gasteiger partial charge in [0.15, 0.2) is 0 Å². The average molecular weight is 316 g/mol. The van der Waals surface area contributed by atoms with Crippen molar-refractivity contribution in [2.75, 3.05) is 13.1 Å². The lowest BCUT2D eigenvalue weighted by Crippen LogP contribution is -2.28. The molecule has 0 saturated carbocycles. The number of halogens is 1. The molecule has 0 fully saturated rings. The Kier molecular flexibility index (Phi) is 6.36. The van der Waals surface area contributed by atoms with E-state index in [1.807, 2.05) is 11.7 Å². The lowest BCUT2D eigenvalue weighted by molar-refractivity contribution is 0.232. The van der Waals surface area contributed by atoms with Crippen LogP contribution in [0.15, 0.2) is 4.47 Å².